The molecule has 0 unspecified atom stereocenters. The number of carbonyl (C=O) groups is 1. The summed E-state index contributed by atoms with van der Waals surface area (Å²) in [5.41, 5.74) is 6.50. The second-order valence-corrected chi connectivity index (χ2v) is 6.41. The maximum absolute atomic E-state index is 11.8. The molecule has 0 saturated carbocycles. The molecule has 0 heterocycles. The van der Waals surface area contributed by atoms with E-state index in [1.54, 1.807) is 0 Å². The van der Waals surface area contributed by atoms with E-state index in [0.717, 1.165) is 57.8 Å². The minimum atomic E-state index is -0.322. The first-order chi connectivity index (χ1) is 11.2. The number of ether oxygens (including phenoxy) is 1. The van der Waals surface area contributed by atoms with E-state index in [9.17, 15) is 4.79 Å². The first-order valence-corrected chi connectivity index (χ1v) is 9.11. The lowest BCUT2D eigenvalue weighted by Crippen LogP contribution is -2.37. The van der Waals surface area contributed by atoms with Crippen molar-refractivity contribution in [3.05, 3.63) is 35.9 Å². The Labute approximate surface area is 141 Å². The van der Waals surface area contributed by atoms with E-state index < -0.39 is 0 Å². The van der Waals surface area contributed by atoms with Crippen molar-refractivity contribution in [1.29, 1.82) is 0 Å². The average Bonchev–Trinajstić information content (AvgIpc) is 2.59. The quantitative estimate of drug-likeness (QED) is 0.571. The van der Waals surface area contributed by atoms with E-state index >= 15 is 0 Å². The normalized spacial score (nSPS) is 11.4. The third-order valence-corrected chi connectivity index (χ3v) is 4.41. The fraction of sp³-hybridized carbons (Fsp3) is 0.650. The molecular weight excluding hydrogens is 286 g/mol. The predicted octanol–water partition coefficient (Wildman–Crippen LogP) is 4.63. The number of hydrogen-bond acceptors (Lipinski definition) is 3. The molecule has 130 valence electrons. The van der Waals surface area contributed by atoms with Gasteiger partial charge >= 0.3 is 5.97 Å². The Morgan fingerprint density at radius 2 is 1.57 bits per heavy atom. The molecule has 0 aliphatic carbocycles. The number of unbranched alkanes of at least 4 members (excludes halogenated alkanes) is 2. The van der Waals surface area contributed by atoms with Gasteiger partial charge in [-0.3, -0.25) is 4.79 Å². The van der Waals surface area contributed by atoms with Gasteiger partial charge in [-0.15, -0.1) is 0 Å². The van der Waals surface area contributed by atoms with Crippen LogP contribution in [-0.2, 0) is 16.0 Å². The van der Waals surface area contributed by atoms with Crippen LogP contribution in [0, 0.1) is 0 Å². The van der Waals surface area contributed by atoms with Crippen molar-refractivity contribution in [2.45, 2.75) is 77.2 Å². The SMILES string of the molecule is CCCCC(CCCC)(CCCc1ccccc1)OC(=O)CN. The highest BCUT2D eigenvalue weighted by Gasteiger charge is 2.32. The van der Waals surface area contributed by atoms with Crippen molar-refractivity contribution >= 4 is 5.97 Å². The van der Waals surface area contributed by atoms with Crippen LogP contribution >= 0.6 is 0 Å². The lowest BCUT2D eigenvalue weighted by Gasteiger charge is -2.34. The second-order valence-electron chi connectivity index (χ2n) is 6.41. The molecule has 1 aromatic carbocycles. The summed E-state index contributed by atoms with van der Waals surface area (Å²) in [5, 5.41) is 0. The highest BCUT2D eigenvalue weighted by Crippen LogP contribution is 2.32. The minimum Gasteiger partial charge on any atom is -0.458 e. The molecule has 0 aliphatic heterocycles. The molecule has 1 rings (SSSR count). The van der Waals surface area contributed by atoms with Gasteiger partial charge in [-0.1, -0.05) is 57.0 Å². The van der Waals surface area contributed by atoms with Gasteiger partial charge < -0.3 is 10.5 Å². The molecule has 0 atom stereocenters. The Morgan fingerprint density at radius 1 is 1.00 bits per heavy atom. The van der Waals surface area contributed by atoms with Gasteiger partial charge in [-0.25, -0.2) is 0 Å². The minimum absolute atomic E-state index is 0.0291. The average molecular weight is 319 g/mol. The van der Waals surface area contributed by atoms with Gasteiger partial charge in [0.2, 0.25) is 0 Å². The summed E-state index contributed by atoms with van der Waals surface area (Å²) in [5.74, 6) is -0.267. The molecule has 3 heteroatoms. The maximum atomic E-state index is 11.8. The highest BCUT2D eigenvalue weighted by molar-refractivity contribution is 5.71. The first kappa shape index (κ1) is 19.7. The molecular formula is C20H33NO2. The molecule has 23 heavy (non-hydrogen) atoms. The van der Waals surface area contributed by atoms with E-state index in [-0.39, 0.29) is 18.1 Å². The number of carbonyl (C=O) groups excluding carboxylic acids is 1. The molecule has 0 radical (unpaired) electrons. The third-order valence-electron chi connectivity index (χ3n) is 4.41. The highest BCUT2D eigenvalue weighted by atomic mass is 16.6. The molecule has 1 aromatic rings. The van der Waals surface area contributed by atoms with Crippen molar-refractivity contribution in [3.8, 4) is 0 Å². The zero-order valence-electron chi connectivity index (χ0n) is 14.9. The fourth-order valence-electron chi connectivity index (χ4n) is 3.07. The number of benzene rings is 1. The van der Waals surface area contributed by atoms with Gasteiger partial charge in [0.1, 0.15) is 5.60 Å². The Bertz CT molecular complexity index is 423. The van der Waals surface area contributed by atoms with Crippen molar-refractivity contribution in [2.75, 3.05) is 6.54 Å². The predicted molar refractivity (Wildman–Crippen MR) is 96.3 cm³/mol. The van der Waals surface area contributed by atoms with Gasteiger partial charge in [-0.05, 0) is 50.5 Å². The summed E-state index contributed by atoms with van der Waals surface area (Å²) in [6, 6.07) is 10.5. The van der Waals surface area contributed by atoms with Gasteiger partial charge in [-0.2, -0.15) is 0 Å². The fourth-order valence-corrected chi connectivity index (χ4v) is 3.07. The molecule has 0 aliphatic rings. The van der Waals surface area contributed by atoms with E-state index in [4.69, 9.17) is 10.5 Å². The van der Waals surface area contributed by atoms with Gasteiger partial charge in [0, 0.05) is 0 Å². The maximum Gasteiger partial charge on any atom is 0.320 e. The zero-order valence-corrected chi connectivity index (χ0v) is 14.9. The van der Waals surface area contributed by atoms with Crippen LogP contribution in [0.2, 0.25) is 0 Å². The van der Waals surface area contributed by atoms with E-state index in [1.165, 1.54) is 5.56 Å². The molecule has 2 N–H and O–H groups in total. The zero-order chi connectivity index (χ0) is 17.0. The van der Waals surface area contributed by atoms with Crippen molar-refractivity contribution in [1.82, 2.24) is 0 Å². The van der Waals surface area contributed by atoms with Crippen LogP contribution in [0.5, 0.6) is 0 Å². The van der Waals surface area contributed by atoms with Crippen LogP contribution < -0.4 is 5.73 Å². The lowest BCUT2D eigenvalue weighted by molar-refractivity contribution is -0.161. The summed E-state index contributed by atoms with van der Waals surface area (Å²) in [6.07, 6.45) is 9.30. The van der Waals surface area contributed by atoms with E-state index in [2.05, 4.69) is 38.1 Å². The van der Waals surface area contributed by atoms with Crippen molar-refractivity contribution in [2.24, 2.45) is 5.73 Å². The van der Waals surface area contributed by atoms with Gasteiger partial charge in [0.25, 0.3) is 0 Å². The number of rotatable bonds is 12. The number of hydrogen-bond donors (Lipinski definition) is 1. The monoisotopic (exact) mass is 319 g/mol. The van der Waals surface area contributed by atoms with Crippen LogP contribution in [0.25, 0.3) is 0 Å². The molecule has 0 amide bonds. The van der Waals surface area contributed by atoms with Gasteiger partial charge in [0.05, 0.1) is 6.54 Å². The summed E-state index contributed by atoms with van der Waals surface area (Å²) in [6.45, 7) is 4.33. The third kappa shape index (κ3) is 7.65. The Hall–Kier alpha value is -1.35. The van der Waals surface area contributed by atoms with Crippen LogP contribution in [0.1, 0.15) is 70.8 Å². The molecule has 0 aromatic heterocycles. The largest absolute Gasteiger partial charge is 0.458 e. The van der Waals surface area contributed by atoms with Crippen molar-refractivity contribution < 1.29 is 9.53 Å². The molecule has 0 fully saturated rings. The molecule has 0 saturated heterocycles. The van der Waals surface area contributed by atoms with E-state index in [1.807, 2.05) is 6.07 Å². The Morgan fingerprint density at radius 3 is 2.09 bits per heavy atom. The number of aryl methyl sites for hydroxylation is 1. The number of esters is 1. The van der Waals surface area contributed by atoms with E-state index in [0.29, 0.717) is 0 Å². The summed E-state index contributed by atoms with van der Waals surface area (Å²) >= 11 is 0. The molecule has 3 nitrogen and oxygen atoms in total. The molecule has 0 spiro atoms. The van der Waals surface area contributed by atoms with Crippen LogP contribution in [-0.4, -0.2) is 18.1 Å². The molecule has 0 bridgehead atoms. The number of nitrogens with two attached hydrogens (primary N) is 1. The summed E-state index contributed by atoms with van der Waals surface area (Å²) < 4.78 is 5.87. The van der Waals surface area contributed by atoms with Crippen molar-refractivity contribution in [3.63, 3.8) is 0 Å². The van der Waals surface area contributed by atoms with Crippen LogP contribution in [0.4, 0.5) is 0 Å². The smallest absolute Gasteiger partial charge is 0.320 e. The summed E-state index contributed by atoms with van der Waals surface area (Å²) in [7, 11) is 0. The van der Waals surface area contributed by atoms with Crippen LogP contribution in [0.3, 0.4) is 0 Å². The standard InChI is InChI=1S/C20H33NO2/c1-3-5-14-20(15-6-4-2,23-19(22)17-21)16-10-13-18-11-8-7-9-12-18/h7-9,11-12H,3-6,10,13-17,21H2,1-2H3. The summed E-state index contributed by atoms with van der Waals surface area (Å²) in [4.78, 5) is 11.8. The van der Waals surface area contributed by atoms with Crippen LogP contribution in [0.15, 0.2) is 30.3 Å². The lowest BCUT2D eigenvalue weighted by atomic mass is 9.85. The Balaban J connectivity index is 2.70. The first-order valence-electron chi connectivity index (χ1n) is 9.11. The second kappa shape index (κ2) is 11.2. The van der Waals surface area contributed by atoms with Gasteiger partial charge in [0.15, 0.2) is 0 Å². The Kier molecular flexibility index (Phi) is 9.61. The topological polar surface area (TPSA) is 52.3 Å².